The third kappa shape index (κ3) is 4.64. The molecule has 1 rings (SSSR count). The van der Waals surface area contributed by atoms with Crippen LogP contribution in [0.4, 0.5) is 0 Å². The van der Waals surface area contributed by atoms with Gasteiger partial charge in [-0.3, -0.25) is 0 Å². The smallest absolute Gasteiger partial charge is 0.0524 e. The second kappa shape index (κ2) is 6.38. The molecule has 0 saturated heterocycles. The number of rotatable bonds is 5. The topological polar surface area (TPSA) is 23.5 Å². The van der Waals surface area contributed by atoms with Crippen LogP contribution in [0.5, 0.6) is 0 Å². The summed E-state index contributed by atoms with van der Waals surface area (Å²) in [6.07, 6.45) is 0.607. The van der Waals surface area contributed by atoms with Crippen LogP contribution >= 0.6 is 15.9 Å². The Morgan fingerprint density at radius 1 is 1.44 bits per heavy atom. The predicted molar refractivity (Wildman–Crippen MR) is 71.5 cm³/mol. The van der Waals surface area contributed by atoms with E-state index < -0.39 is 0 Å². The SMILES string of the molecule is Cc1ccc(CN(C)CCC(C)O)cc1Br. The Hall–Kier alpha value is -0.380. The molecule has 0 aromatic heterocycles. The summed E-state index contributed by atoms with van der Waals surface area (Å²) < 4.78 is 1.16. The van der Waals surface area contributed by atoms with Crippen molar-refractivity contribution >= 4 is 15.9 Å². The molecule has 2 nitrogen and oxygen atoms in total. The first-order chi connectivity index (χ1) is 7.49. The third-order valence-electron chi connectivity index (χ3n) is 2.62. The number of aryl methyl sites for hydroxylation is 1. The fourth-order valence-corrected chi connectivity index (χ4v) is 1.96. The van der Waals surface area contributed by atoms with Crippen molar-refractivity contribution in [2.45, 2.75) is 32.9 Å². The van der Waals surface area contributed by atoms with Crippen molar-refractivity contribution in [1.82, 2.24) is 4.90 Å². The maximum Gasteiger partial charge on any atom is 0.0524 e. The number of aliphatic hydroxyl groups is 1. The van der Waals surface area contributed by atoms with Crippen LogP contribution in [-0.2, 0) is 6.54 Å². The monoisotopic (exact) mass is 285 g/mol. The number of nitrogens with zero attached hydrogens (tertiary/aromatic N) is 1. The van der Waals surface area contributed by atoms with Crippen LogP contribution in [0.1, 0.15) is 24.5 Å². The number of benzene rings is 1. The van der Waals surface area contributed by atoms with Crippen LogP contribution in [0.15, 0.2) is 22.7 Å². The highest BCUT2D eigenvalue weighted by Crippen LogP contribution is 2.18. The van der Waals surface area contributed by atoms with Crippen LogP contribution in [0.3, 0.4) is 0 Å². The quantitative estimate of drug-likeness (QED) is 0.899. The average molecular weight is 286 g/mol. The van der Waals surface area contributed by atoms with Gasteiger partial charge >= 0.3 is 0 Å². The lowest BCUT2D eigenvalue weighted by Gasteiger charge is -2.17. The first-order valence-electron chi connectivity index (χ1n) is 5.60. The number of aliphatic hydroxyl groups excluding tert-OH is 1. The van der Waals surface area contributed by atoms with E-state index in [0.717, 1.165) is 24.0 Å². The molecule has 0 aliphatic carbocycles. The van der Waals surface area contributed by atoms with Gasteiger partial charge in [0.05, 0.1) is 6.10 Å². The Morgan fingerprint density at radius 2 is 2.12 bits per heavy atom. The molecule has 90 valence electrons. The molecule has 1 unspecified atom stereocenters. The van der Waals surface area contributed by atoms with Crippen molar-refractivity contribution < 1.29 is 5.11 Å². The van der Waals surface area contributed by atoms with E-state index in [4.69, 9.17) is 0 Å². The Balaban J connectivity index is 2.49. The normalized spacial score (nSPS) is 13.1. The highest BCUT2D eigenvalue weighted by Gasteiger charge is 2.04. The van der Waals surface area contributed by atoms with Crippen LogP contribution in [0, 0.1) is 6.92 Å². The second-order valence-corrected chi connectivity index (χ2v) is 5.31. The zero-order chi connectivity index (χ0) is 12.1. The van der Waals surface area contributed by atoms with Crippen LogP contribution in [0.2, 0.25) is 0 Å². The van der Waals surface area contributed by atoms with Gasteiger partial charge in [-0.25, -0.2) is 0 Å². The molecule has 0 bridgehead atoms. The van der Waals surface area contributed by atoms with Gasteiger partial charge in [0.15, 0.2) is 0 Å². The average Bonchev–Trinajstić information content (AvgIpc) is 2.21. The van der Waals surface area contributed by atoms with E-state index in [1.54, 1.807) is 0 Å². The predicted octanol–water partition coefficient (Wildman–Crippen LogP) is 2.96. The van der Waals surface area contributed by atoms with Gasteiger partial charge < -0.3 is 10.0 Å². The molecule has 3 heteroatoms. The third-order valence-corrected chi connectivity index (χ3v) is 3.47. The standard InChI is InChI=1S/C13H20BrNO/c1-10-4-5-12(8-13(10)14)9-15(3)7-6-11(2)16/h4-5,8,11,16H,6-7,9H2,1-3H3. The Bertz CT molecular complexity index is 339. The summed E-state index contributed by atoms with van der Waals surface area (Å²) >= 11 is 3.54. The van der Waals surface area contributed by atoms with Crippen molar-refractivity contribution in [1.29, 1.82) is 0 Å². The van der Waals surface area contributed by atoms with E-state index in [9.17, 15) is 5.11 Å². The van der Waals surface area contributed by atoms with E-state index in [1.165, 1.54) is 11.1 Å². The van der Waals surface area contributed by atoms with Gasteiger partial charge in [0.25, 0.3) is 0 Å². The van der Waals surface area contributed by atoms with Gasteiger partial charge in [-0.05, 0) is 44.5 Å². The first kappa shape index (κ1) is 13.7. The molecule has 1 N–H and O–H groups in total. The fourth-order valence-electron chi connectivity index (χ4n) is 1.53. The molecule has 1 atom stereocenters. The van der Waals surface area contributed by atoms with Crippen LogP contribution < -0.4 is 0 Å². The molecule has 1 aromatic carbocycles. The first-order valence-corrected chi connectivity index (χ1v) is 6.40. The number of hydrogen-bond acceptors (Lipinski definition) is 2. The highest BCUT2D eigenvalue weighted by atomic mass is 79.9. The fraction of sp³-hybridized carbons (Fsp3) is 0.538. The zero-order valence-electron chi connectivity index (χ0n) is 10.2. The summed E-state index contributed by atoms with van der Waals surface area (Å²) in [5, 5.41) is 9.21. The summed E-state index contributed by atoms with van der Waals surface area (Å²) in [6, 6.07) is 6.44. The molecule has 0 amide bonds. The number of halogens is 1. The largest absolute Gasteiger partial charge is 0.393 e. The molecule has 0 heterocycles. The molecule has 16 heavy (non-hydrogen) atoms. The highest BCUT2D eigenvalue weighted by molar-refractivity contribution is 9.10. The van der Waals surface area contributed by atoms with Crippen molar-refractivity contribution in [2.75, 3.05) is 13.6 Å². The van der Waals surface area contributed by atoms with Gasteiger partial charge in [-0.1, -0.05) is 28.1 Å². The lowest BCUT2D eigenvalue weighted by atomic mass is 10.1. The van der Waals surface area contributed by atoms with E-state index in [0.29, 0.717) is 0 Å². The molecule has 0 radical (unpaired) electrons. The molecule has 0 aliphatic heterocycles. The molecule has 0 spiro atoms. The van der Waals surface area contributed by atoms with E-state index in [2.05, 4.69) is 53.0 Å². The molecular formula is C13H20BrNO. The number of hydrogen-bond donors (Lipinski definition) is 1. The maximum absolute atomic E-state index is 9.21. The van der Waals surface area contributed by atoms with Gasteiger partial charge in [0.1, 0.15) is 0 Å². The molecule has 0 fully saturated rings. The van der Waals surface area contributed by atoms with Gasteiger partial charge in [0.2, 0.25) is 0 Å². The van der Waals surface area contributed by atoms with Crippen molar-refractivity contribution in [3.8, 4) is 0 Å². The summed E-state index contributed by atoms with van der Waals surface area (Å²) in [5.41, 5.74) is 2.56. The van der Waals surface area contributed by atoms with Crippen molar-refractivity contribution in [3.63, 3.8) is 0 Å². The molecule has 0 saturated carbocycles. The summed E-state index contributed by atoms with van der Waals surface area (Å²) in [6.45, 7) is 5.76. The van der Waals surface area contributed by atoms with Gasteiger partial charge in [-0.2, -0.15) is 0 Å². The summed E-state index contributed by atoms with van der Waals surface area (Å²) in [4.78, 5) is 2.23. The Kier molecular flexibility index (Phi) is 5.46. The molecule has 1 aromatic rings. The summed E-state index contributed by atoms with van der Waals surface area (Å²) in [7, 11) is 2.08. The minimum absolute atomic E-state index is 0.216. The minimum Gasteiger partial charge on any atom is -0.393 e. The minimum atomic E-state index is -0.216. The summed E-state index contributed by atoms with van der Waals surface area (Å²) in [5.74, 6) is 0. The lowest BCUT2D eigenvalue weighted by Crippen LogP contribution is -2.22. The van der Waals surface area contributed by atoms with Crippen LogP contribution in [0.25, 0.3) is 0 Å². The van der Waals surface area contributed by atoms with Crippen molar-refractivity contribution in [2.24, 2.45) is 0 Å². The van der Waals surface area contributed by atoms with Crippen LogP contribution in [-0.4, -0.2) is 29.7 Å². The van der Waals surface area contributed by atoms with Gasteiger partial charge in [0, 0.05) is 17.6 Å². The Morgan fingerprint density at radius 3 is 2.69 bits per heavy atom. The Labute approximate surface area is 106 Å². The zero-order valence-corrected chi connectivity index (χ0v) is 11.8. The maximum atomic E-state index is 9.21. The van der Waals surface area contributed by atoms with E-state index >= 15 is 0 Å². The second-order valence-electron chi connectivity index (χ2n) is 4.46. The molecule has 0 aliphatic rings. The van der Waals surface area contributed by atoms with Crippen molar-refractivity contribution in [3.05, 3.63) is 33.8 Å². The van der Waals surface area contributed by atoms with E-state index in [1.807, 2.05) is 6.92 Å². The van der Waals surface area contributed by atoms with Gasteiger partial charge in [-0.15, -0.1) is 0 Å². The lowest BCUT2D eigenvalue weighted by molar-refractivity contribution is 0.163. The molecular weight excluding hydrogens is 266 g/mol. The van der Waals surface area contributed by atoms with E-state index in [-0.39, 0.29) is 6.10 Å².